The Labute approximate surface area is 182 Å². The Morgan fingerprint density at radius 3 is 2.65 bits per heavy atom. The molecule has 1 aliphatic heterocycles. The molecule has 0 aliphatic carbocycles. The van der Waals surface area contributed by atoms with Crippen LogP contribution in [0.5, 0.6) is 0 Å². The minimum Gasteiger partial charge on any atom is -0.461 e. The van der Waals surface area contributed by atoms with Gasteiger partial charge in [0.2, 0.25) is 23.5 Å². The van der Waals surface area contributed by atoms with Crippen molar-refractivity contribution in [2.75, 3.05) is 18.8 Å². The molecule has 4 rings (SSSR count). The van der Waals surface area contributed by atoms with E-state index in [1.165, 1.54) is 16.7 Å². The van der Waals surface area contributed by atoms with E-state index in [4.69, 9.17) is 4.42 Å². The second-order valence-corrected chi connectivity index (χ2v) is 7.98. The number of hydrogen-bond donors (Lipinski definition) is 1. The third-order valence-corrected chi connectivity index (χ3v) is 5.73. The minimum atomic E-state index is -0.483. The van der Waals surface area contributed by atoms with Crippen LogP contribution in [0.1, 0.15) is 18.4 Å². The Morgan fingerprint density at radius 2 is 1.94 bits per heavy atom. The Morgan fingerprint density at radius 1 is 1.10 bits per heavy atom. The zero-order chi connectivity index (χ0) is 21.6. The first kappa shape index (κ1) is 20.9. The summed E-state index contributed by atoms with van der Waals surface area (Å²) in [5.74, 6) is 0.130. The second-order valence-electron chi connectivity index (χ2n) is 7.03. The van der Waals surface area contributed by atoms with E-state index in [2.05, 4.69) is 15.5 Å². The van der Waals surface area contributed by atoms with Gasteiger partial charge < -0.3 is 9.32 Å². The number of carbonyl (C=O) groups excluding carboxylic acids is 3. The summed E-state index contributed by atoms with van der Waals surface area (Å²) in [6.45, 7) is 0.958. The zero-order valence-corrected chi connectivity index (χ0v) is 17.5. The van der Waals surface area contributed by atoms with E-state index in [0.717, 1.165) is 12.0 Å². The molecule has 160 valence electrons. The molecule has 0 unspecified atom stereocenters. The Hall–Kier alpha value is -3.40. The van der Waals surface area contributed by atoms with Crippen LogP contribution < -0.4 is 5.32 Å². The van der Waals surface area contributed by atoms with Crippen molar-refractivity contribution in [1.82, 2.24) is 25.0 Å². The van der Waals surface area contributed by atoms with Crippen molar-refractivity contribution in [3.63, 3.8) is 0 Å². The third kappa shape index (κ3) is 5.21. The lowest BCUT2D eigenvalue weighted by atomic mass is 10.2. The topological polar surface area (TPSA) is 110 Å². The molecule has 31 heavy (non-hydrogen) atoms. The number of hydrogen-bond acceptors (Lipinski definition) is 7. The highest BCUT2D eigenvalue weighted by Gasteiger charge is 2.23. The van der Waals surface area contributed by atoms with Gasteiger partial charge in [-0.3, -0.25) is 24.3 Å². The molecule has 1 N–H and O–H groups in total. The van der Waals surface area contributed by atoms with E-state index in [-0.39, 0.29) is 18.2 Å². The maximum atomic E-state index is 12.3. The lowest BCUT2D eigenvalue weighted by Gasteiger charge is -2.14. The van der Waals surface area contributed by atoms with Crippen molar-refractivity contribution in [2.24, 2.45) is 0 Å². The van der Waals surface area contributed by atoms with E-state index in [1.54, 1.807) is 18.4 Å². The van der Waals surface area contributed by atoms with Crippen LogP contribution in [0.25, 0.3) is 11.6 Å². The van der Waals surface area contributed by atoms with E-state index in [0.29, 0.717) is 36.3 Å². The van der Waals surface area contributed by atoms with Gasteiger partial charge in [-0.05, 0) is 24.1 Å². The quantitative estimate of drug-likeness (QED) is 0.534. The van der Waals surface area contributed by atoms with Crippen LogP contribution in [0, 0.1) is 0 Å². The van der Waals surface area contributed by atoms with E-state index in [9.17, 15) is 14.4 Å². The molecule has 1 fully saturated rings. The van der Waals surface area contributed by atoms with Gasteiger partial charge in [-0.2, -0.15) is 0 Å². The van der Waals surface area contributed by atoms with Crippen LogP contribution in [0.15, 0.2) is 58.3 Å². The number of benzene rings is 1. The normalized spacial score (nSPS) is 13.5. The fraction of sp³-hybridized carbons (Fsp3) is 0.286. The molecule has 3 heterocycles. The molecule has 2 aromatic heterocycles. The molecular formula is C21H21N5O4S. The van der Waals surface area contributed by atoms with Crippen LogP contribution in [0.3, 0.4) is 0 Å². The van der Waals surface area contributed by atoms with Gasteiger partial charge in [0.1, 0.15) is 0 Å². The van der Waals surface area contributed by atoms with Gasteiger partial charge >= 0.3 is 0 Å². The van der Waals surface area contributed by atoms with Gasteiger partial charge in [0.15, 0.2) is 10.9 Å². The number of furan rings is 1. The summed E-state index contributed by atoms with van der Waals surface area (Å²) in [6, 6.07) is 13.4. The average molecular weight is 439 g/mol. The number of rotatable bonds is 8. The number of imide groups is 1. The smallest absolute Gasteiger partial charge is 0.246 e. The van der Waals surface area contributed by atoms with Crippen LogP contribution in [0.4, 0.5) is 0 Å². The predicted molar refractivity (Wildman–Crippen MR) is 113 cm³/mol. The van der Waals surface area contributed by atoms with Crippen LogP contribution in [0.2, 0.25) is 0 Å². The first-order valence-corrected chi connectivity index (χ1v) is 10.8. The summed E-state index contributed by atoms with van der Waals surface area (Å²) < 4.78 is 7.34. The Kier molecular flexibility index (Phi) is 6.46. The number of carbonyl (C=O) groups is 3. The molecule has 9 nitrogen and oxygen atoms in total. The number of nitrogens with one attached hydrogen (secondary N) is 1. The lowest BCUT2D eigenvalue weighted by Crippen LogP contribution is -2.41. The van der Waals surface area contributed by atoms with Crippen LogP contribution in [-0.2, 0) is 20.9 Å². The number of likely N-dealkylation sites (tertiary alicyclic amines) is 1. The summed E-state index contributed by atoms with van der Waals surface area (Å²) in [4.78, 5) is 37.4. The minimum absolute atomic E-state index is 0.00916. The van der Waals surface area contributed by atoms with Crippen LogP contribution >= 0.6 is 11.8 Å². The molecule has 0 radical (unpaired) electrons. The maximum absolute atomic E-state index is 12.3. The number of thioether (sulfide) groups is 1. The first-order chi connectivity index (χ1) is 15.1. The summed E-state index contributed by atoms with van der Waals surface area (Å²) in [7, 11) is 0. The molecule has 1 saturated heterocycles. The average Bonchev–Trinajstić information content (AvgIpc) is 3.50. The van der Waals surface area contributed by atoms with Gasteiger partial charge in [0, 0.05) is 13.0 Å². The highest BCUT2D eigenvalue weighted by atomic mass is 32.2. The van der Waals surface area contributed by atoms with Gasteiger partial charge in [-0.15, -0.1) is 10.2 Å². The van der Waals surface area contributed by atoms with Crippen molar-refractivity contribution >= 4 is 29.5 Å². The molecule has 1 aliphatic rings. The summed E-state index contributed by atoms with van der Waals surface area (Å²) in [6.07, 6.45) is 2.75. The van der Waals surface area contributed by atoms with E-state index >= 15 is 0 Å². The van der Waals surface area contributed by atoms with E-state index in [1.807, 2.05) is 34.9 Å². The molecule has 0 saturated carbocycles. The van der Waals surface area contributed by atoms with Gasteiger partial charge in [0.05, 0.1) is 25.1 Å². The van der Waals surface area contributed by atoms with Gasteiger partial charge in [0.25, 0.3) is 0 Å². The first-order valence-electron chi connectivity index (χ1n) is 9.84. The maximum Gasteiger partial charge on any atom is 0.246 e. The Bertz CT molecular complexity index is 1060. The van der Waals surface area contributed by atoms with Crippen molar-refractivity contribution in [3.05, 3.63) is 54.3 Å². The molecule has 1 aromatic carbocycles. The van der Waals surface area contributed by atoms with E-state index < -0.39 is 11.8 Å². The molecule has 3 amide bonds. The SMILES string of the molecule is O=C(CSc1nnc(-c2ccco2)n1Cc1ccccc1)NC(=O)CN1CCCC1=O. The second kappa shape index (κ2) is 9.61. The van der Waals surface area contributed by atoms with Crippen LogP contribution in [-0.4, -0.2) is 56.2 Å². The van der Waals surface area contributed by atoms with Crippen molar-refractivity contribution < 1.29 is 18.8 Å². The largest absolute Gasteiger partial charge is 0.461 e. The number of nitrogens with zero attached hydrogens (tertiary/aromatic N) is 4. The van der Waals surface area contributed by atoms with Gasteiger partial charge in [-0.1, -0.05) is 42.1 Å². The van der Waals surface area contributed by atoms with Gasteiger partial charge in [-0.25, -0.2) is 0 Å². The summed E-state index contributed by atoms with van der Waals surface area (Å²) >= 11 is 1.18. The molecular weight excluding hydrogens is 418 g/mol. The monoisotopic (exact) mass is 439 g/mol. The molecule has 3 aromatic rings. The molecule has 0 bridgehead atoms. The fourth-order valence-corrected chi connectivity index (χ4v) is 4.04. The van der Waals surface area contributed by atoms with Crippen molar-refractivity contribution in [3.8, 4) is 11.6 Å². The highest BCUT2D eigenvalue weighted by Crippen LogP contribution is 2.25. The Balaban J connectivity index is 1.41. The van der Waals surface area contributed by atoms with Crippen molar-refractivity contribution in [1.29, 1.82) is 0 Å². The molecule has 0 atom stereocenters. The highest BCUT2D eigenvalue weighted by molar-refractivity contribution is 7.99. The lowest BCUT2D eigenvalue weighted by molar-refractivity contribution is -0.135. The summed E-state index contributed by atoms with van der Waals surface area (Å²) in [5.41, 5.74) is 1.05. The fourth-order valence-electron chi connectivity index (χ4n) is 3.30. The standard InChI is InChI=1S/C21H21N5O4S/c27-17(13-25-10-4-9-19(25)29)22-18(28)14-31-21-24-23-20(16-8-5-11-30-16)26(21)12-15-6-2-1-3-7-15/h1-3,5-8,11H,4,9-10,12-14H2,(H,22,27,28). The number of aromatic nitrogens is 3. The van der Waals surface area contributed by atoms with Crippen molar-refractivity contribution in [2.45, 2.75) is 24.5 Å². The predicted octanol–water partition coefficient (Wildman–Crippen LogP) is 1.94. The molecule has 10 heteroatoms. The zero-order valence-electron chi connectivity index (χ0n) is 16.7. The molecule has 0 spiro atoms. The summed E-state index contributed by atoms with van der Waals surface area (Å²) in [5, 5.41) is 11.3. The number of amides is 3. The third-order valence-electron chi connectivity index (χ3n) is 4.76.